The van der Waals surface area contributed by atoms with Crippen LogP contribution in [0.25, 0.3) is 0 Å². The van der Waals surface area contributed by atoms with E-state index in [0.717, 1.165) is 12.8 Å². The second kappa shape index (κ2) is 5.61. The van der Waals surface area contributed by atoms with Crippen molar-refractivity contribution >= 4 is 23.4 Å². The third kappa shape index (κ3) is 3.26. The molecule has 2 amide bonds. The quantitative estimate of drug-likeness (QED) is 0.779. The lowest BCUT2D eigenvalue weighted by Crippen LogP contribution is -2.35. The average molecular weight is 285 g/mol. The molecule has 1 aliphatic rings. The van der Waals surface area contributed by atoms with Gasteiger partial charge < -0.3 is 10.6 Å². The highest BCUT2D eigenvalue weighted by Gasteiger charge is 2.29. The Labute approximate surface area is 116 Å². The number of carbonyl (C=O) groups excluding carboxylic acids is 2. The van der Waals surface area contributed by atoms with Gasteiger partial charge in [0.25, 0.3) is 5.91 Å². The van der Waals surface area contributed by atoms with E-state index in [1.807, 2.05) is 0 Å². The summed E-state index contributed by atoms with van der Waals surface area (Å²) in [5.74, 6) is -0.00757. The number of rotatable bonds is 5. The Hall–Kier alpha value is -1.56. The van der Waals surface area contributed by atoms with E-state index < -0.39 is 0 Å². The van der Waals surface area contributed by atoms with Crippen molar-refractivity contribution in [2.24, 2.45) is 13.0 Å². The number of hydrogen-bond acceptors (Lipinski definition) is 3. The van der Waals surface area contributed by atoms with Gasteiger partial charge in [0.15, 0.2) is 0 Å². The molecular formula is C12H17ClN4O2. The highest BCUT2D eigenvalue weighted by molar-refractivity contribution is 6.33. The highest BCUT2D eigenvalue weighted by Crippen LogP contribution is 2.28. The predicted octanol–water partition coefficient (Wildman–Crippen LogP) is 0.638. The largest absolute Gasteiger partial charge is 0.354 e. The van der Waals surface area contributed by atoms with Crippen LogP contribution in [-0.4, -0.2) is 34.7 Å². The second-order valence-corrected chi connectivity index (χ2v) is 5.05. The van der Waals surface area contributed by atoms with Gasteiger partial charge in [0, 0.05) is 26.1 Å². The predicted molar refractivity (Wildman–Crippen MR) is 71.0 cm³/mol. The van der Waals surface area contributed by atoms with E-state index in [4.69, 9.17) is 11.6 Å². The second-order valence-electron chi connectivity index (χ2n) is 4.70. The summed E-state index contributed by atoms with van der Waals surface area (Å²) in [5.41, 5.74) is 0.977. The van der Waals surface area contributed by atoms with Crippen molar-refractivity contribution in [2.45, 2.75) is 19.8 Å². The van der Waals surface area contributed by atoms with Gasteiger partial charge in [-0.3, -0.25) is 14.3 Å². The summed E-state index contributed by atoms with van der Waals surface area (Å²) in [7, 11) is 1.68. The van der Waals surface area contributed by atoms with Crippen LogP contribution in [0, 0.1) is 12.8 Å². The molecule has 104 valence electrons. The Morgan fingerprint density at radius 1 is 1.37 bits per heavy atom. The van der Waals surface area contributed by atoms with E-state index in [9.17, 15) is 9.59 Å². The molecule has 19 heavy (non-hydrogen) atoms. The van der Waals surface area contributed by atoms with Crippen LogP contribution in [0.15, 0.2) is 0 Å². The average Bonchev–Trinajstić information content (AvgIpc) is 3.14. The standard InChI is InChI=1S/C12H17ClN4O2/c1-7-9(10(13)17(2)16-7)12(19)15-6-5-14-11(18)8-3-4-8/h8H,3-6H2,1-2H3,(H,14,18)(H,15,19). The molecule has 2 N–H and O–H groups in total. The van der Waals surface area contributed by atoms with Gasteiger partial charge in [-0.05, 0) is 19.8 Å². The molecule has 1 aromatic rings. The third-order valence-corrected chi connectivity index (χ3v) is 3.47. The van der Waals surface area contributed by atoms with E-state index >= 15 is 0 Å². The summed E-state index contributed by atoms with van der Waals surface area (Å²) in [4.78, 5) is 23.3. The van der Waals surface area contributed by atoms with Crippen molar-refractivity contribution in [3.05, 3.63) is 16.4 Å². The zero-order valence-corrected chi connectivity index (χ0v) is 11.8. The minimum Gasteiger partial charge on any atom is -0.354 e. The van der Waals surface area contributed by atoms with E-state index in [1.165, 1.54) is 4.68 Å². The van der Waals surface area contributed by atoms with E-state index in [2.05, 4.69) is 15.7 Å². The maximum absolute atomic E-state index is 11.9. The van der Waals surface area contributed by atoms with Gasteiger partial charge in [-0.25, -0.2) is 0 Å². The Morgan fingerprint density at radius 2 is 2.00 bits per heavy atom. The van der Waals surface area contributed by atoms with Gasteiger partial charge in [0.05, 0.1) is 11.3 Å². The van der Waals surface area contributed by atoms with Crippen molar-refractivity contribution in [1.82, 2.24) is 20.4 Å². The molecule has 7 heteroatoms. The first-order chi connectivity index (χ1) is 9.00. The fraction of sp³-hybridized carbons (Fsp3) is 0.583. The van der Waals surface area contributed by atoms with Crippen LogP contribution in [0.1, 0.15) is 28.9 Å². The van der Waals surface area contributed by atoms with Crippen LogP contribution < -0.4 is 10.6 Å². The molecule has 0 aromatic carbocycles. The van der Waals surface area contributed by atoms with Gasteiger partial charge in [0.2, 0.25) is 5.91 Å². The summed E-state index contributed by atoms with van der Waals surface area (Å²) in [6, 6.07) is 0. The molecule has 6 nitrogen and oxygen atoms in total. The molecule has 1 saturated carbocycles. The number of nitrogens with one attached hydrogen (secondary N) is 2. The Morgan fingerprint density at radius 3 is 2.53 bits per heavy atom. The highest BCUT2D eigenvalue weighted by atomic mass is 35.5. The number of aromatic nitrogens is 2. The monoisotopic (exact) mass is 284 g/mol. The van der Waals surface area contributed by atoms with E-state index in [0.29, 0.717) is 29.5 Å². The lowest BCUT2D eigenvalue weighted by atomic mass is 10.2. The number of amides is 2. The molecule has 1 fully saturated rings. The van der Waals surface area contributed by atoms with E-state index in [1.54, 1.807) is 14.0 Å². The van der Waals surface area contributed by atoms with Crippen LogP contribution >= 0.6 is 11.6 Å². The summed E-state index contributed by atoms with van der Waals surface area (Å²) in [6.45, 7) is 2.54. The molecule has 2 rings (SSSR count). The summed E-state index contributed by atoms with van der Waals surface area (Å²) < 4.78 is 1.46. The number of hydrogen-bond donors (Lipinski definition) is 2. The minimum absolute atomic E-state index is 0.0739. The first-order valence-corrected chi connectivity index (χ1v) is 6.63. The van der Waals surface area contributed by atoms with E-state index in [-0.39, 0.29) is 17.7 Å². The minimum atomic E-state index is -0.267. The van der Waals surface area contributed by atoms with Gasteiger partial charge in [-0.1, -0.05) is 11.6 Å². The molecule has 0 saturated heterocycles. The van der Waals surface area contributed by atoms with Crippen LogP contribution in [0.3, 0.4) is 0 Å². The third-order valence-electron chi connectivity index (χ3n) is 3.04. The molecule has 0 bridgehead atoms. The molecule has 1 heterocycles. The Kier molecular flexibility index (Phi) is 4.09. The lowest BCUT2D eigenvalue weighted by molar-refractivity contribution is -0.122. The molecular weight excluding hydrogens is 268 g/mol. The number of halogens is 1. The van der Waals surface area contributed by atoms with Crippen molar-refractivity contribution in [3.63, 3.8) is 0 Å². The van der Waals surface area contributed by atoms with Crippen molar-refractivity contribution < 1.29 is 9.59 Å². The number of carbonyl (C=O) groups is 2. The molecule has 1 aromatic heterocycles. The smallest absolute Gasteiger partial charge is 0.256 e. The first-order valence-electron chi connectivity index (χ1n) is 6.25. The van der Waals surface area contributed by atoms with Gasteiger partial charge >= 0.3 is 0 Å². The molecule has 0 aliphatic heterocycles. The Bertz CT molecular complexity index is 508. The van der Waals surface area contributed by atoms with Crippen LogP contribution in [0.4, 0.5) is 0 Å². The number of nitrogens with zero attached hydrogens (tertiary/aromatic N) is 2. The molecule has 0 unspecified atom stereocenters. The maximum atomic E-state index is 11.9. The fourth-order valence-electron chi connectivity index (χ4n) is 1.83. The first kappa shape index (κ1) is 13.9. The zero-order valence-electron chi connectivity index (χ0n) is 11.0. The maximum Gasteiger partial charge on any atom is 0.256 e. The summed E-state index contributed by atoms with van der Waals surface area (Å²) in [6.07, 6.45) is 1.95. The molecule has 0 atom stereocenters. The molecule has 0 radical (unpaired) electrons. The summed E-state index contributed by atoms with van der Waals surface area (Å²) >= 11 is 5.99. The van der Waals surface area contributed by atoms with Crippen molar-refractivity contribution in [1.29, 1.82) is 0 Å². The summed E-state index contributed by atoms with van der Waals surface area (Å²) in [5, 5.41) is 9.89. The van der Waals surface area contributed by atoms with Crippen LogP contribution in [-0.2, 0) is 11.8 Å². The topological polar surface area (TPSA) is 76.0 Å². The zero-order chi connectivity index (χ0) is 14.0. The van der Waals surface area contributed by atoms with Crippen LogP contribution in [0.2, 0.25) is 5.15 Å². The Balaban J connectivity index is 1.79. The van der Waals surface area contributed by atoms with Gasteiger partial charge in [-0.15, -0.1) is 0 Å². The fourth-order valence-corrected chi connectivity index (χ4v) is 2.09. The molecule has 1 aliphatic carbocycles. The van der Waals surface area contributed by atoms with Gasteiger partial charge in [0.1, 0.15) is 5.15 Å². The van der Waals surface area contributed by atoms with Crippen molar-refractivity contribution in [2.75, 3.05) is 13.1 Å². The lowest BCUT2D eigenvalue weighted by Gasteiger charge is -2.06. The van der Waals surface area contributed by atoms with Crippen LogP contribution in [0.5, 0.6) is 0 Å². The molecule has 0 spiro atoms. The SMILES string of the molecule is Cc1nn(C)c(Cl)c1C(=O)NCCNC(=O)C1CC1. The van der Waals surface area contributed by atoms with Gasteiger partial charge in [-0.2, -0.15) is 5.10 Å². The van der Waals surface area contributed by atoms with Crippen molar-refractivity contribution in [3.8, 4) is 0 Å². The number of aryl methyl sites for hydroxylation is 2. The normalized spacial score (nSPS) is 14.3.